The molecule has 4 rings (SSSR count). The molecule has 0 unspecified atom stereocenters. The lowest BCUT2D eigenvalue weighted by Crippen LogP contribution is -2.29. The highest BCUT2D eigenvalue weighted by molar-refractivity contribution is 6.05. The second-order valence-corrected chi connectivity index (χ2v) is 6.32. The van der Waals surface area contributed by atoms with Crippen LogP contribution in [-0.2, 0) is 16.1 Å². The third kappa shape index (κ3) is 2.57. The van der Waals surface area contributed by atoms with Gasteiger partial charge >= 0.3 is 5.97 Å². The smallest absolute Gasteiger partial charge is 0.376 e. The van der Waals surface area contributed by atoms with Gasteiger partial charge in [0.15, 0.2) is 0 Å². The van der Waals surface area contributed by atoms with E-state index in [0.717, 1.165) is 11.1 Å². The minimum atomic E-state index is -0.641. The molecule has 27 heavy (non-hydrogen) atoms. The van der Waals surface area contributed by atoms with Gasteiger partial charge in [-0.25, -0.2) is 4.79 Å². The largest absolute Gasteiger partial charge is 0.463 e. The first kappa shape index (κ1) is 16.9. The number of fused-ring (bicyclic) bond motifs is 5. The monoisotopic (exact) mass is 362 g/mol. The normalized spacial score (nSPS) is 12.3. The van der Waals surface area contributed by atoms with Crippen LogP contribution in [-0.4, -0.2) is 19.0 Å². The number of furan rings is 1. The van der Waals surface area contributed by atoms with Crippen molar-refractivity contribution in [3.8, 4) is 22.5 Å². The molecule has 1 aliphatic rings. The molecule has 0 radical (unpaired) electrons. The van der Waals surface area contributed by atoms with Crippen LogP contribution in [0.1, 0.15) is 23.0 Å². The molecule has 0 spiro atoms. The van der Waals surface area contributed by atoms with Gasteiger partial charge in [0.1, 0.15) is 5.76 Å². The molecule has 1 aromatic heterocycles. The molecule has 0 saturated heterocycles. The molecule has 0 aliphatic carbocycles. The maximum atomic E-state index is 12.4. The number of methoxy groups -OCH3 is 1. The third-order valence-electron chi connectivity index (χ3n) is 4.75. The molecule has 2 heterocycles. The van der Waals surface area contributed by atoms with Crippen LogP contribution >= 0.6 is 0 Å². The van der Waals surface area contributed by atoms with Crippen molar-refractivity contribution < 1.29 is 18.7 Å². The highest BCUT2D eigenvalue weighted by Crippen LogP contribution is 2.47. The number of carbonyl (C=O) groups is 2. The van der Waals surface area contributed by atoms with Crippen molar-refractivity contribution in [1.82, 2.24) is 0 Å². The Morgan fingerprint density at radius 1 is 1.07 bits per heavy atom. The van der Waals surface area contributed by atoms with Crippen molar-refractivity contribution in [2.24, 2.45) is 0 Å². The number of ether oxygens (including phenoxy) is 1. The van der Waals surface area contributed by atoms with Crippen LogP contribution in [0.25, 0.3) is 22.5 Å². The Kier molecular flexibility index (Phi) is 3.96. The lowest BCUT2D eigenvalue weighted by Gasteiger charge is -2.27. The van der Waals surface area contributed by atoms with Crippen LogP contribution in [0.15, 0.2) is 52.9 Å². The van der Waals surface area contributed by atoms with E-state index in [2.05, 4.69) is 0 Å². The number of nitrogen functional groups attached to an aromatic ring is 1. The number of hydrogen-bond donors (Lipinski definition) is 1. The molecular weight excluding hydrogens is 344 g/mol. The summed E-state index contributed by atoms with van der Waals surface area (Å²) in [5.41, 5.74) is 10.3. The van der Waals surface area contributed by atoms with Crippen LogP contribution in [0, 0.1) is 0 Å². The summed E-state index contributed by atoms with van der Waals surface area (Å²) >= 11 is 0. The average molecular weight is 362 g/mol. The predicted molar refractivity (Wildman–Crippen MR) is 102 cm³/mol. The van der Waals surface area contributed by atoms with Crippen LogP contribution in [0.5, 0.6) is 0 Å². The van der Waals surface area contributed by atoms with Crippen LogP contribution in [0.2, 0.25) is 0 Å². The molecule has 2 N–H and O–H groups in total. The maximum Gasteiger partial charge on any atom is 0.376 e. The van der Waals surface area contributed by atoms with Gasteiger partial charge in [-0.15, -0.1) is 0 Å². The zero-order valence-electron chi connectivity index (χ0n) is 15.0. The highest BCUT2D eigenvalue weighted by Gasteiger charge is 2.31. The van der Waals surface area contributed by atoms with E-state index < -0.39 is 5.97 Å². The zero-order chi connectivity index (χ0) is 19.1. The minimum Gasteiger partial charge on any atom is -0.463 e. The van der Waals surface area contributed by atoms with Gasteiger partial charge in [-0.2, -0.15) is 0 Å². The molecule has 6 nitrogen and oxygen atoms in total. The standard InChI is InChI=1S/C21H18N2O4/c1-12(24)23-11-13-7-3-4-8-14(13)17-18(22)20(21(25)26-2)27-19(17)15-9-5-6-10-16(15)23/h3-10H,11,22H2,1-2H3. The summed E-state index contributed by atoms with van der Waals surface area (Å²) in [6.07, 6.45) is 0. The van der Waals surface area contributed by atoms with Crippen molar-refractivity contribution in [3.05, 3.63) is 59.9 Å². The summed E-state index contributed by atoms with van der Waals surface area (Å²) in [5, 5.41) is 0. The van der Waals surface area contributed by atoms with Crippen LogP contribution in [0.3, 0.4) is 0 Å². The van der Waals surface area contributed by atoms with Gasteiger partial charge in [-0.1, -0.05) is 36.4 Å². The average Bonchev–Trinajstić information content (AvgIpc) is 3.01. The van der Waals surface area contributed by atoms with Gasteiger partial charge in [-0.05, 0) is 23.3 Å². The molecule has 3 aromatic rings. The van der Waals surface area contributed by atoms with E-state index in [9.17, 15) is 9.59 Å². The van der Waals surface area contributed by atoms with Crippen molar-refractivity contribution in [3.63, 3.8) is 0 Å². The van der Waals surface area contributed by atoms with Crippen molar-refractivity contribution in [2.75, 3.05) is 17.7 Å². The molecule has 2 aromatic carbocycles. The van der Waals surface area contributed by atoms with Crippen molar-refractivity contribution in [2.45, 2.75) is 13.5 Å². The SMILES string of the molecule is COC(=O)c1oc2c(c1N)-c1ccccc1CN(C(C)=O)c1ccccc1-2. The summed E-state index contributed by atoms with van der Waals surface area (Å²) in [5.74, 6) is -0.323. The Morgan fingerprint density at radius 2 is 1.74 bits per heavy atom. The second-order valence-electron chi connectivity index (χ2n) is 6.32. The fourth-order valence-corrected chi connectivity index (χ4v) is 3.48. The molecule has 0 saturated carbocycles. The number of carbonyl (C=O) groups excluding carboxylic acids is 2. The Labute approximate surface area is 156 Å². The van der Waals surface area contributed by atoms with E-state index in [1.165, 1.54) is 14.0 Å². The Morgan fingerprint density at radius 3 is 2.44 bits per heavy atom. The van der Waals surface area contributed by atoms with Gasteiger partial charge < -0.3 is 19.8 Å². The number of amides is 1. The van der Waals surface area contributed by atoms with E-state index in [1.807, 2.05) is 48.5 Å². The lowest BCUT2D eigenvalue weighted by atomic mass is 9.92. The Hall–Kier alpha value is -3.54. The quantitative estimate of drug-likeness (QED) is 0.665. The molecule has 0 bridgehead atoms. The molecular formula is C21H18N2O4. The first-order valence-corrected chi connectivity index (χ1v) is 8.49. The van der Waals surface area contributed by atoms with Crippen molar-refractivity contribution >= 4 is 23.3 Å². The number of rotatable bonds is 1. The van der Waals surface area contributed by atoms with Crippen LogP contribution in [0.4, 0.5) is 11.4 Å². The number of para-hydroxylation sites is 1. The summed E-state index contributed by atoms with van der Waals surface area (Å²) in [6, 6.07) is 15.0. The second kappa shape index (κ2) is 6.32. The number of esters is 1. The van der Waals surface area contributed by atoms with E-state index in [-0.39, 0.29) is 17.4 Å². The summed E-state index contributed by atoms with van der Waals surface area (Å²) in [6.45, 7) is 1.92. The summed E-state index contributed by atoms with van der Waals surface area (Å²) < 4.78 is 10.7. The molecule has 1 aliphatic heterocycles. The van der Waals surface area contributed by atoms with E-state index in [4.69, 9.17) is 14.9 Å². The van der Waals surface area contributed by atoms with Gasteiger partial charge in [0, 0.05) is 12.5 Å². The fourth-order valence-electron chi connectivity index (χ4n) is 3.48. The number of benzene rings is 2. The van der Waals surface area contributed by atoms with Crippen LogP contribution < -0.4 is 10.6 Å². The summed E-state index contributed by atoms with van der Waals surface area (Å²) in [7, 11) is 1.28. The van der Waals surface area contributed by atoms with Crippen molar-refractivity contribution in [1.29, 1.82) is 0 Å². The molecule has 0 atom stereocenters. The molecule has 6 heteroatoms. The summed E-state index contributed by atoms with van der Waals surface area (Å²) in [4.78, 5) is 26.2. The van der Waals surface area contributed by atoms with Gasteiger partial charge in [0.25, 0.3) is 0 Å². The lowest BCUT2D eigenvalue weighted by molar-refractivity contribution is -0.116. The number of nitrogens with two attached hydrogens (primary N) is 1. The molecule has 0 fully saturated rings. The minimum absolute atomic E-state index is 0.0385. The Balaban J connectivity index is 2.12. The molecule has 1 amide bonds. The van der Waals surface area contributed by atoms with Gasteiger partial charge in [-0.3, -0.25) is 4.79 Å². The number of anilines is 2. The Bertz CT molecular complexity index is 1070. The maximum absolute atomic E-state index is 12.4. The number of hydrogen-bond acceptors (Lipinski definition) is 5. The third-order valence-corrected chi connectivity index (χ3v) is 4.75. The van der Waals surface area contributed by atoms with Gasteiger partial charge in [0.2, 0.25) is 11.7 Å². The van der Waals surface area contributed by atoms with E-state index >= 15 is 0 Å². The fraction of sp³-hybridized carbons (Fsp3) is 0.143. The predicted octanol–water partition coefficient (Wildman–Crippen LogP) is 3.85. The first-order chi connectivity index (χ1) is 13.0. The van der Waals surface area contributed by atoms with E-state index in [0.29, 0.717) is 29.1 Å². The molecule has 136 valence electrons. The number of nitrogens with zero attached hydrogens (tertiary/aromatic N) is 1. The first-order valence-electron chi connectivity index (χ1n) is 8.49. The van der Waals surface area contributed by atoms with E-state index in [1.54, 1.807) is 4.90 Å². The highest BCUT2D eigenvalue weighted by atomic mass is 16.5. The van der Waals surface area contributed by atoms with Gasteiger partial charge in [0.05, 0.1) is 30.6 Å². The topological polar surface area (TPSA) is 85.8 Å². The zero-order valence-corrected chi connectivity index (χ0v) is 15.0.